The standard InChI is InChI=1S/C16H21N3O4/c1-11(2)16(21)18-8-6-17(7-9-18)14-5-4-13(12(3)20)10-15(14)19(22)23/h4-5,10-11H,6-9H2,1-3H3. The van der Waals surface area contributed by atoms with Gasteiger partial charge in [-0.2, -0.15) is 0 Å². The molecule has 2 rings (SSSR count). The molecule has 0 aromatic heterocycles. The predicted molar refractivity (Wildman–Crippen MR) is 86.7 cm³/mol. The molecule has 1 amide bonds. The molecular formula is C16H21N3O4. The number of nitro groups is 1. The Labute approximate surface area is 135 Å². The van der Waals surface area contributed by atoms with Crippen molar-refractivity contribution in [1.82, 2.24) is 4.90 Å². The summed E-state index contributed by atoms with van der Waals surface area (Å²) in [6.45, 7) is 7.28. The van der Waals surface area contributed by atoms with E-state index in [4.69, 9.17) is 0 Å². The Morgan fingerprint density at radius 3 is 2.26 bits per heavy atom. The SMILES string of the molecule is CC(=O)c1ccc(N2CCN(C(=O)C(C)C)CC2)c([N+](=O)[O-])c1. The highest BCUT2D eigenvalue weighted by Crippen LogP contribution is 2.30. The molecule has 0 N–H and O–H groups in total. The van der Waals surface area contributed by atoms with Gasteiger partial charge < -0.3 is 9.80 Å². The highest BCUT2D eigenvalue weighted by Gasteiger charge is 2.27. The molecule has 0 unspecified atom stereocenters. The number of hydrogen-bond donors (Lipinski definition) is 0. The Bertz CT molecular complexity index is 634. The third-order valence-electron chi connectivity index (χ3n) is 4.00. The first-order valence-corrected chi connectivity index (χ1v) is 7.64. The number of nitro benzene ring substituents is 1. The lowest BCUT2D eigenvalue weighted by Gasteiger charge is -2.36. The van der Waals surface area contributed by atoms with Gasteiger partial charge in [-0.3, -0.25) is 19.7 Å². The Balaban J connectivity index is 2.19. The Hall–Kier alpha value is -2.44. The van der Waals surface area contributed by atoms with Crippen LogP contribution in [0.1, 0.15) is 31.1 Å². The van der Waals surface area contributed by atoms with Crippen LogP contribution in [0.15, 0.2) is 18.2 Å². The van der Waals surface area contributed by atoms with Crippen LogP contribution in [-0.4, -0.2) is 47.7 Å². The van der Waals surface area contributed by atoms with Gasteiger partial charge in [-0.25, -0.2) is 0 Å². The van der Waals surface area contributed by atoms with Crippen molar-refractivity contribution >= 4 is 23.1 Å². The number of nitrogens with zero attached hydrogens (tertiary/aromatic N) is 3. The topological polar surface area (TPSA) is 83.8 Å². The van der Waals surface area contributed by atoms with Crippen LogP contribution in [0.5, 0.6) is 0 Å². The van der Waals surface area contributed by atoms with Gasteiger partial charge in [0, 0.05) is 43.7 Å². The molecule has 0 atom stereocenters. The van der Waals surface area contributed by atoms with Crippen molar-refractivity contribution in [2.45, 2.75) is 20.8 Å². The summed E-state index contributed by atoms with van der Waals surface area (Å²) < 4.78 is 0. The zero-order valence-electron chi connectivity index (χ0n) is 13.6. The molecule has 1 saturated heterocycles. The van der Waals surface area contributed by atoms with Gasteiger partial charge in [-0.05, 0) is 19.1 Å². The molecule has 0 radical (unpaired) electrons. The smallest absolute Gasteiger partial charge is 0.293 e. The van der Waals surface area contributed by atoms with Gasteiger partial charge in [0.05, 0.1) is 4.92 Å². The van der Waals surface area contributed by atoms with Crippen molar-refractivity contribution in [3.63, 3.8) is 0 Å². The van der Waals surface area contributed by atoms with Crippen molar-refractivity contribution in [2.24, 2.45) is 5.92 Å². The maximum absolute atomic E-state index is 12.0. The number of ketones is 1. The zero-order valence-corrected chi connectivity index (χ0v) is 13.6. The van der Waals surface area contributed by atoms with E-state index >= 15 is 0 Å². The number of piperazine rings is 1. The van der Waals surface area contributed by atoms with E-state index in [1.165, 1.54) is 13.0 Å². The van der Waals surface area contributed by atoms with Crippen molar-refractivity contribution in [3.05, 3.63) is 33.9 Å². The predicted octanol–water partition coefficient (Wildman–Crippen LogP) is 2.10. The second-order valence-corrected chi connectivity index (χ2v) is 5.98. The highest BCUT2D eigenvalue weighted by atomic mass is 16.6. The second kappa shape index (κ2) is 6.76. The number of rotatable bonds is 4. The van der Waals surface area contributed by atoms with Gasteiger partial charge in [0.2, 0.25) is 5.91 Å². The minimum absolute atomic E-state index is 0.0502. The monoisotopic (exact) mass is 319 g/mol. The number of benzene rings is 1. The molecule has 1 fully saturated rings. The lowest BCUT2D eigenvalue weighted by molar-refractivity contribution is -0.384. The fraction of sp³-hybridized carbons (Fsp3) is 0.500. The Morgan fingerprint density at radius 1 is 1.17 bits per heavy atom. The van der Waals surface area contributed by atoms with E-state index < -0.39 is 4.92 Å². The van der Waals surface area contributed by atoms with Crippen molar-refractivity contribution in [1.29, 1.82) is 0 Å². The maximum Gasteiger partial charge on any atom is 0.293 e. The third kappa shape index (κ3) is 3.67. The highest BCUT2D eigenvalue weighted by molar-refractivity contribution is 5.95. The normalized spacial score (nSPS) is 15.0. The Morgan fingerprint density at radius 2 is 1.78 bits per heavy atom. The zero-order chi connectivity index (χ0) is 17.1. The molecule has 1 heterocycles. The molecule has 0 spiro atoms. The number of carbonyl (C=O) groups is 2. The first-order chi connectivity index (χ1) is 10.8. The van der Waals surface area contributed by atoms with Gasteiger partial charge in [-0.1, -0.05) is 13.8 Å². The number of anilines is 1. The summed E-state index contributed by atoms with van der Waals surface area (Å²) in [6, 6.07) is 4.55. The molecule has 7 nitrogen and oxygen atoms in total. The van der Waals surface area contributed by atoms with E-state index in [1.807, 2.05) is 18.7 Å². The summed E-state index contributed by atoms with van der Waals surface area (Å²) in [5.41, 5.74) is 0.757. The third-order valence-corrected chi connectivity index (χ3v) is 4.00. The molecule has 1 aliphatic heterocycles. The fourth-order valence-electron chi connectivity index (χ4n) is 2.69. The molecule has 7 heteroatoms. The second-order valence-electron chi connectivity index (χ2n) is 5.98. The van der Waals surface area contributed by atoms with E-state index in [-0.39, 0.29) is 23.3 Å². The molecule has 0 saturated carbocycles. The van der Waals surface area contributed by atoms with Crippen molar-refractivity contribution in [3.8, 4) is 0 Å². The minimum atomic E-state index is -0.465. The van der Waals surface area contributed by atoms with Crippen LogP contribution < -0.4 is 4.90 Å². The summed E-state index contributed by atoms with van der Waals surface area (Å²) in [5.74, 6) is -0.149. The maximum atomic E-state index is 12.0. The van der Waals surface area contributed by atoms with Gasteiger partial charge in [-0.15, -0.1) is 0 Å². The molecular weight excluding hydrogens is 298 g/mol. The molecule has 0 aliphatic carbocycles. The van der Waals surface area contributed by atoms with Gasteiger partial charge in [0.15, 0.2) is 5.78 Å². The van der Waals surface area contributed by atoms with E-state index in [0.717, 1.165) is 0 Å². The van der Waals surface area contributed by atoms with E-state index in [2.05, 4.69) is 0 Å². The van der Waals surface area contributed by atoms with E-state index in [0.29, 0.717) is 37.4 Å². The first-order valence-electron chi connectivity index (χ1n) is 7.64. The summed E-state index contributed by atoms with van der Waals surface area (Å²) >= 11 is 0. The fourth-order valence-corrected chi connectivity index (χ4v) is 2.69. The average molecular weight is 319 g/mol. The van der Waals surface area contributed by atoms with Crippen LogP contribution >= 0.6 is 0 Å². The molecule has 1 aromatic rings. The van der Waals surface area contributed by atoms with Gasteiger partial charge in [0.25, 0.3) is 5.69 Å². The Kier molecular flexibility index (Phi) is 4.98. The van der Waals surface area contributed by atoms with Gasteiger partial charge in [0.1, 0.15) is 5.69 Å². The number of hydrogen-bond acceptors (Lipinski definition) is 5. The van der Waals surface area contributed by atoms with Crippen molar-refractivity contribution < 1.29 is 14.5 Å². The molecule has 23 heavy (non-hydrogen) atoms. The van der Waals surface area contributed by atoms with Crippen LogP contribution in [0.4, 0.5) is 11.4 Å². The number of carbonyl (C=O) groups excluding carboxylic acids is 2. The number of Topliss-reactive ketones (excluding diaryl/α,β-unsaturated/α-hetero) is 1. The van der Waals surface area contributed by atoms with Crippen LogP contribution in [0.2, 0.25) is 0 Å². The van der Waals surface area contributed by atoms with Crippen LogP contribution in [0.3, 0.4) is 0 Å². The molecule has 0 bridgehead atoms. The minimum Gasteiger partial charge on any atom is -0.362 e. The molecule has 1 aliphatic rings. The van der Waals surface area contributed by atoms with Crippen LogP contribution in [-0.2, 0) is 4.79 Å². The summed E-state index contributed by atoms with van der Waals surface area (Å²) in [7, 11) is 0. The number of amides is 1. The summed E-state index contributed by atoms with van der Waals surface area (Å²) in [4.78, 5) is 37.9. The lowest BCUT2D eigenvalue weighted by Crippen LogP contribution is -2.50. The molecule has 1 aromatic carbocycles. The quantitative estimate of drug-likeness (QED) is 0.482. The summed E-state index contributed by atoms with van der Waals surface area (Å²) in [5, 5.41) is 11.3. The first kappa shape index (κ1) is 16.9. The van der Waals surface area contributed by atoms with Gasteiger partial charge >= 0.3 is 0 Å². The average Bonchev–Trinajstić information content (AvgIpc) is 2.53. The van der Waals surface area contributed by atoms with E-state index in [1.54, 1.807) is 17.0 Å². The van der Waals surface area contributed by atoms with Crippen LogP contribution in [0.25, 0.3) is 0 Å². The lowest BCUT2D eigenvalue weighted by atomic mass is 10.1. The molecule has 124 valence electrons. The largest absolute Gasteiger partial charge is 0.362 e. The van der Waals surface area contributed by atoms with E-state index in [9.17, 15) is 19.7 Å². The van der Waals surface area contributed by atoms with Crippen molar-refractivity contribution in [2.75, 3.05) is 31.1 Å². The summed E-state index contributed by atoms with van der Waals surface area (Å²) in [6.07, 6.45) is 0. The van der Waals surface area contributed by atoms with Crippen LogP contribution in [0, 0.1) is 16.0 Å².